The van der Waals surface area contributed by atoms with E-state index in [4.69, 9.17) is 15.2 Å². The molecule has 2 aliphatic rings. The summed E-state index contributed by atoms with van der Waals surface area (Å²) in [4.78, 5) is 68.3. The number of amides is 2. The number of alkyl halides is 4. The number of halogens is 4. The summed E-state index contributed by atoms with van der Waals surface area (Å²) in [6, 6.07) is 5.79. The number of aromatic amines is 1. The highest BCUT2D eigenvalue weighted by Gasteiger charge is 2.26. The molecular formula is C47H66I4N16O4. The number of carbonyl (C=O) groups excluding carboxylic acids is 2. The number of nitrogens with two attached hydrogens (primary N) is 1. The Morgan fingerprint density at radius 3 is 1.54 bits per heavy atom. The van der Waals surface area contributed by atoms with Crippen molar-refractivity contribution in [3.05, 3.63) is 67.9 Å². The van der Waals surface area contributed by atoms with Crippen LogP contribution in [0, 0.1) is 0 Å². The molecule has 0 atom stereocenters. The topological polar surface area (TPSA) is 219 Å². The minimum Gasteiger partial charge on any atom is -0.444 e. The van der Waals surface area contributed by atoms with Gasteiger partial charge in [-0.2, -0.15) is 0 Å². The van der Waals surface area contributed by atoms with E-state index >= 15 is 0 Å². The highest BCUT2D eigenvalue weighted by molar-refractivity contribution is 14.2. The molecule has 0 fully saturated rings. The van der Waals surface area contributed by atoms with Crippen LogP contribution in [0.4, 0.5) is 27.0 Å². The largest absolute Gasteiger partial charge is 0.444 e. The molecule has 71 heavy (non-hydrogen) atoms. The molecule has 20 nitrogen and oxygen atoms in total. The fourth-order valence-corrected chi connectivity index (χ4v) is 6.52. The second-order valence-electron chi connectivity index (χ2n) is 17.6. The zero-order valence-electron chi connectivity index (χ0n) is 41.1. The molecule has 8 heterocycles. The SMILES string of the molecule is C.CC(C)(C)OC(=O)N1CC=C(n2ccc3c(N)ncnc32)CC1.CN(C)C=Nc1ncnc2[nH]ccc12.CN(C)C=Nc1ncnc2c1ccn2C1=CCN(C(=O)OC(C)(C)C)CC1.ICI.ICI. The van der Waals surface area contributed by atoms with Crippen LogP contribution in [-0.2, 0) is 9.47 Å². The van der Waals surface area contributed by atoms with E-state index in [-0.39, 0.29) is 19.6 Å². The summed E-state index contributed by atoms with van der Waals surface area (Å²) in [7, 11) is 7.66. The van der Waals surface area contributed by atoms with Crippen molar-refractivity contribution in [2.24, 2.45) is 9.98 Å². The van der Waals surface area contributed by atoms with Crippen LogP contribution in [0.1, 0.15) is 61.8 Å². The standard InChI is InChI=1S/C19H26N6O2.C16H21N5O2.C9H11N5.2CH2I2.CH4/c1-19(2,3)27-18(26)24-9-6-14(7-10-24)25-11-8-15-16(22-13-23(4)5)20-12-21-17(15)25;1-16(2,3)23-15(22)20-7-4-11(5-8-20)21-9-6-12-13(17)18-10-19-14(12)21;1-14(2)6-13-9-7-3-4-10-8(7)11-5-12-9;2*2-1-3;/h6,8,11-13H,7,9-10H2,1-5H3;4,6,9-10H,5,7-8H2,1-3H3,(H2,17,18,19);3-6H,1-2H3,(H,10,11,12);2*1H2;1H4. The zero-order chi connectivity index (χ0) is 51.6. The molecule has 0 bridgehead atoms. The van der Waals surface area contributed by atoms with Gasteiger partial charge in [0.05, 0.1) is 33.7 Å². The van der Waals surface area contributed by atoms with Gasteiger partial charge in [-0.1, -0.05) is 97.8 Å². The third kappa shape index (κ3) is 19.2. The van der Waals surface area contributed by atoms with Gasteiger partial charge in [0.25, 0.3) is 0 Å². The molecular weight excluding hydrogens is 1360 g/mol. The van der Waals surface area contributed by atoms with E-state index < -0.39 is 11.2 Å². The minimum atomic E-state index is -0.488. The average molecular weight is 1430 g/mol. The first kappa shape index (κ1) is 60.8. The summed E-state index contributed by atoms with van der Waals surface area (Å²) in [6.45, 7) is 13.5. The molecule has 0 unspecified atom stereocenters. The normalized spacial score (nSPS) is 13.6. The molecule has 6 aromatic heterocycles. The van der Waals surface area contributed by atoms with Crippen LogP contribution in [0.5, 0.6) is 0 Å². The Kier molecular flexibility index (Phi) is 25.1. The average Bonchev–Trinajstić information content (AvgIpc) is 4.08. The summed E-state index contributed by atoms with van der Waals surface area (Å²) in [5.74, 6) is 1.80. The highest BCUT2D eigenvalue weighted by atomic mass is 127. The van der Waals surface area contributed by atoms with Crippen molar-refractivity contribution in [3.63, 3.8) is 0 Å². The molecule has 0 aliphatic carbocycles. The van der Waals surface area contributed by atoms with Gasteiger partial charge >= 0.3 is 12.2 Å². The van der Waals surface area contributed by atoms with E-state index in [1.807, 2.05) is 138 Å². The molecule has 386 valence electrons. The number of hydrogen-bond donors (Lipinski definition) is 2. The monoisotopic (exact) mass is 1430 g/mol. The van der Waals surface area contributed by atoms with E-state index in [1.54, 1.807) is 22.5 Å². The Labute approximate surface area is 471 Å². The van der Waals surface area contributed by atoms with Gasteiger partial charge in [0, 0.05) is 97.2 Å². The van der Waals surface area contributed by atoms with Gasteiger partial charge in [0.2, 0.25) is 0 Å². The first-order chi connectivity index (χ1) is 33.2. The van der Waals surface area contributed by atoms with Crippen molar-refractivity contribution in [2.75, 3.05) is 65.0 Å². The quantitative estimate of drug-likeness (QED) is 0.0687. The maximum atomic E-state index is 12.2. The van der Waals surface area contributed by atoms with Crippen molar-refractivity contribution >= 4 is 177 Å². The Balaban J connectivity index is 0.000000274. The number of anilines is 1. The number of rotatable bonds is 6. The van der Waals surface area contributed by atoms with Crippen molar-refractivity contribution in [2.45, 2.75) is 73.0 Å². The number of ether oxygens (including phenoxy) is 2. The summed E-state index contributed by atoms with van der Waals surface area (Å²) < 4.78 is 17.3. The van der Waals surface area contributed by atoms with Gasteiger partial charge in [-0.15, -0.1) is 0 Å². The Morgan fingerprint density at radius 1 is 0.676 bits per heavy atom. The molecule has 0 aromatic carbocycles. The molecule has 0 saturated heterocycles. The number of aliphatic imine (C=N–C) groups is 2. The zero-order valence-corrected chi connectivity index (χ0v) is 49.8. The van der Waals surface area contributed by atoms with Crippen molar-refractivity contribution in [1.29, 1.82) is 0 Å². The Morgan fingerprint density at radius 2 is 1.10 bits per heavy atom. The van der Waals surface area contributed by atoms with Crippen molar-refractivity contribution < 1.29 is 19.1 Å². The van der Waals surface area contributed by atoms with E-state index in [1.165, 1.54) is 23.9 Å². The second-order valence-corrected chi connectivity index (χ2v) is 26.5. The van der Waals surface area contributed by atoms with Crippen LogP contribution in [-0.4, -0.2) is 159 Å². The van der Waals surface area contributed by atoms with E-state index in [2.05, 4.69) is 135 Å². The van der Waals surface area contributed by atoms with Gasteiger partial charge in [-0.25, -0.2) is 49.5 Å². The van der Waals surface area contributed by atoms with Crippen molar-refractivity contribution in [1.82, 2.24) is 63.6 Å². The molecule has 0 radical (unpaired) electrons. The van der Waals surface area contributed by atoms with Crippen LogP contribution >= 0.6 is 90.4 Å². The van der Waals surface area contributed by atoms with Gasteiger partial charge in [-0.05, 0) is 71.9 Å². The molecule has 6 aromatic rings. The lowest BCUT2D eigenvalue weighted by atomic mass is 10.2. The predicted molar refractivity (Wildman–Crippen MR) is 323 cm³/mol. The fourth-order valence-electron chi connectivity index (χ4n) is 6.52. The van der Waals surface area contributed by atoms with Gasteiger partial charge in [-0.3, -0.25) is 0 Å². The van der Waals surface area contributed by atoms with Crippen molar-refractivity contribution in [3.8, 4) is 0 Å². The maximum absolute atomic E-state index is 12.2. The van der Waals surface area contributed by atoms with Crippen LogP contribution in [0.3, 0.4) is 0 Å². The first-order valence-corrected chi connectivity index (χ1v) is 28.0. The molecule has 0 saturated carbocycles. The first-order valence-electron chi connectivity index (χ1n) is 21.9. The number of H-pyrrole nitrogens is 1. The predicted octanol–water partition coefficient (Wildman–Crippen LogP) is 11.1. The minimum absolute atomic E-state index is 0. The van der Waals surface area contributed by atoms with Crippen LogP contribution in [0.25, 0.3) is 44.5 Å². The second kappa shape index (κ2) is 29.3. The van der Waals surface area contributed by atoms with E-state index in [9.17, 15) is 9.59 Å². The third-order valence-corrected chi connectivity index (χ3v) is 9.42. The number of hydrogen-bond acceptors (Lipinski definition) is 13. The molecule has 24 heteroatoms. The number of nitrogens with zero attached hydrogens (tertiary/aromatic N) is 14. The number of nitrogen functional groups attached to an aromatic ring is 1. The number of nitrogens with one attached hydrogen (secondary N) is 1. The summed E-state index contributed by atoms with van der Waals surface area (Å²) in [5, 5.41) is 2.67. The molecule has 2 aliphatic heterocycles. The van der Waals surface area contributed by atoms with Crippen LogP contribution in [0.15, 0.2) is 77.9 Å². The number of carbonyl (C=O) groups is 2. The lowest BCUT2D eigenvalue weighted by Gasteiger charge is -2.29. The van der Waals surface area contributed by atoms with E-state index in [0.717, 1.165) is 57.3 Å². The highest BCUT2D eigenvalue weighted by Crippen LogP contribution is 2.29. The van der Waals surface area contributed by atoms with E-state index in [0.29, 0.717) is 43.6 Å². The van der Waals surface area contributed by atoms with Crippen LogP contribution in [0.2, 0.25) is 0 Å². The maximum Gasteiger partial charge on any atom is 0.410 e. The van der Waals surface area contributed by atoms with Gasteiger partial charge in [0.1, 0.15) is 52.9 Å². The smallest absolute Gasteiger partial charge is 0.410 e. The van der Waals surface area contributed by atoms with Crippen LogP contribution < -0.4 is 5.73 Å². The molecule has 8 rings (SSSR count). The molecule has 0 spiro atoms. The summed E-state index contributed by atoms with van der Waals surface area (Å²) in [5.41, 5.74) is 9.51. The molecule has 2 amide bonds. The fraction of sp³-hybridized carbons (Fsp3) is 0.447. The Bertz CT molecular complexity index is 2750. The number of fused-ring (bicyclic) bond motifs is 3. The lowest BCUT2D eigenvalue weighted by molar-refractivity contribution is 0.0259. The summed E-state index contributed by atoms with van der Waals surface area (Å²) >= 11 is 9.10. The van der Waals surface area contributed by atoms with Gasteiger partial charge < -0.3 is 48.9 Å². The lowest BCUT2D eigenvalue weighted by Crippen LogP contribution is -2.39. The third-order valence-electron chi connectivity index (χ3n) is 9.42. The molecule has 3 N–H and O–H groups in total. The Hall–Kier alpha value is -4.46. The number of aromatic nitrogens is 9. The van der Waals surface area contributed by atoms with Gasteiger partial charge in [0.15, 0.2) is 11.6 Å². The summed E-state index contributed by atoms with van der Waals surface area (Å²) in [6.07, 6.45) is 18.6.